The Morgan fingerprint density at radius 1 is 1.38 bits per heavy atom. The van der Waals surface area contributed by atoms with E-state index in [1.807, 2.05) is 0 Å². The highest BCUT2D eigenvalue weighted by Crippen LogP contribution is 2.29. The molecule has 13 heavy (non-hydrogen) atoms. The molecule has 0 fully saturated rings. The molecule has 2 nitrogen and oxygen atoms in total. The summed E-state index contributed by atoms with van der Waals surface area (Å²) < 4.78 is 22.8. The Hall–Kier alpha value is 0.420. The van der Waals surface area contributed by atoms with E-state index in [1.54, 1.807) is 18.2 Å². The summed E-state index contributed by atoms with van der Waals surface area (Å²) in [5.74, 6) is 0. The van der Waals surface area contributed by atoms with Crippen LogP contribution in [0.25, 0.3) is 0 Å². The van der Waals surface area contributed by atoms with Crippen molar-refractivity contribution in [2.24, 2.45) is 0 Å². The van der Waals surface area contributed by atoms with Gasteiger partial charge in [0.05, 0.1) is 0 Å². The van der Waals surface area contributed by atoms with Crippen molar-refractivity contribution in [2.75, 3.05) is 0 Å². The van der Waals surface area contributed by atoms with Gasteiger partial charge in [-0.2, -0.15) is 0 Å². The number of halogens is 3. The predicted molar refractivity (Wildman–Crippen MR) is 59.8 cm³/mol. The first-order valence-corrected chi connectivity index (χ1v) is 7.47. The van der Waals surface area contributed by atoms with Gasteiger partial charge in [0.2, 0.25) is 0 Å². The molecule has 0 heterocycles. The average Bonchev–Trinajstić information content (AvgIpc) is 2.01. The Bertz CT molecular complexity index is 417. The van der Waals surface area contributed by atoms with Crippen LogP contribution in [0.3, 0.4) is 0 Å². The molecule has 0 bridgehead atoms. The van der Waals surface area contributed by atoms with Gasteiger partial charge in [-0.3, -0.25) is 0 Å². The highest BCUT2D eigenvalue weighted by atomic mass is 79.9. The summed E-state index contributed by atoms with van der Waals surface area (Å²) in [6.07, 6.45) is 0. The zero-order valence-corrected chi connectivity index (χ0v) is 11.0. The van der Waals surface area contributed by atoms with Crippen LogP contribution in [0.15, 0.2) is 27.6 Å². The summed E-state index contributed by atoms with van der Waals surface area (Å²) in [7, 11) is 1.59. The van der Waals surface area contributed by atoms with E-state index >= 15 is 0 Å². The zero-order valence-electron chi connectivity index (χ0n) is 6.30. The van der Waals surface area contributed by atoms with Gasteiger partial charge in [-0.15, -0.1) is 0 Å². The van der Waals surface area contributed by atoms with Crippen molar-refractivity contribution < 1.29 is 8.42 Å². The van der Waals surface area contributed by atoms with Gasteiger partial charge >= 0.3 is 0 Å². The van der Waals surface area contributed by atoms with Gasteiger partial charge in [-0.25, -0.2) is 8.42 Å². The molecule has 1 aromatic carbocycles. The monoisotopic (exact) mass is 346 g/mol. The van der Waals surface area contributed by atoms with Gasteiger partial charge in [0.15, 0.2) is 0 Å². The second-order valence-corrected chi connectivity index (χ2v) is 6.22. The maximum atomic E-state index is 11.1. The molecule has 0 aliphatic carbocycles. The van der Waals surface area contributed by atoms with Crippen molar-refractivity contribution in [1.82, 2.24) is 0 Å². The first-order chi connectivity index (χ1) is 5.96. The van der Waals surface area contributed by atoms with Crippen LogP contribution in [0.1, 0.15) is 5.56 Å². The number of rotatable bonds is 2. The summed E-state index contributed by atoms with van der Waals surface area (Å²) >= 11 is 6.33. The summed E-state index contributed by atoms with van der Waals surface area (Å²) in [6.45, 7) is 0. The average molecular weight is 348 g/mol. The van der Waals surface area contributed by atoms with E-state index in [9.17, 15) is 8.42 Å². The summed E-state index contributed by atoms with van der Waals surface area (Å²) in [5, 5.41) is 0.452. The summed E-state index contributed by atoms with van der Waals surface area (Å²) in [6, 6.07) is 5.10. The van der Waals surface area contributed by atoms with Gasteiger partial charge in [-0.05, 0) is 27.6 Å². The molecule has 0 unspecified atom stereocenters. The lowest BCUT2D eigenvalue weighted by atomic mass is 10.2. The molecule has 0 atom stereocenters. The quantitative estimate of drug-likeness (QED) is 0.607. The predicted octanol–water partition coefficient (Wildman–Crippen LogP) is 3.27. The van der Waals surface area contributed by atoms with Gasteiger partial charge in [0, 0.05) is 20.5 Å². The topological polar surface area (TPSA) is 34.1 Å². The van der Waals surface area contributed by atoms with Crippen molar-refractivity contribution in [3.8, 4) is 0 Å². The molecule has 0 saturated heterocycles. The lowest BCUT2D eigenvalue weighted by Gasteiger charge is -2.04. The lowest BCUT2D eigenvalue weighted by molar-refractivity contribution is 0.608. The fraction of sp³-hybridized carbons (Fsp3) is 0.143. The van der Waals surface area contributed by atoms with E-state index in [1.165, 1.54) is 0 Å². The smallest absolute Gasteiger partial charge is 0.207 e. The zero-order chi connectivity index (χ0) is 10.1. The maximum absolute atomic E-state index is 11.1. The fourth-order valence-electron chi connectivity index (χ4n) is 0.932. The first kappa shape index (κ1) is 11.5. The van der Waals surface area contributed by atoms with E-state index in [4.69, 9.17) is 10.7 Å². The van der Waals surface area contributed by atoms with Crippen LogP contribution >= 0.6 is 42.5 Å². The minimum absolute atomic E-state index is 0.133. The number of hydrogen-bond donors (Lipinski definition) is 0. The molecular weight excluding hydrogens is 343 g/mol. The third kappa shape index (κ3) is 2.68. The second kappa shape index (κ2) is 4.29. The van der Waals surface area contributed by atoms with Crippen LogP contribution in [0.5, 0.6) is 0 Å². The third-order valence-corrected chi connectivity index (χ3v) is 4.40. The largest absolute Gasteiger partial charge is 0.262 e. The van der Waals surface area contributed by atoms with Crippen molar-refractivity contribution in [3.63, 3.8) is 0 Å². The molecule has 1 rings (SSSR count). The molecular formula is C7H5Br2ClO2S. The standard InChI is InChI=1S/C7H5Br2ClO2S/c8-4-5-2-1-3-6(9)7(5)13(10,11)12/h1-3H,4H2. The molecule has 1 aromatic rings. The van der Waals surface area contributed by atoms with Gasteiger partial charge in [-0.1, -0.05) is 28.1 Å². The molecule has 0 N–H and O–H groups in total. The Morgan fingerprint density at radius 3 is 2.38 bits per heavy atom. The van der Waals surface area contributed by atoms with Crippen molar-refractivity contribution in [1.29, 1.82) is 0 Å². The molecule has 0 aromatic heterocycles. The Morgan fingerprint density at radius 2 is 2.00 bits per heavy atom. The Kier molecular flexibility index (Phi) is 3.80. The molecule has 0 aliphatic rings. The van der Waals surface area contributed by atoms with Crippen molar-refractivity contribution in [2.45, 2.75) is 10.2 Å². The summed E-state index contributed by atoms with van der Waals surface area (Å²) in [4.78, 5) is 0.133. The number of benzene rings is 1. The van der Waals surface area contributed by atoms with Crippen LogP contribution in [-0.4, -0.2) is 8.42 Å². The highest BCUT2D eigenvalue weighted by Gasteiger charge is 2.18. The van der Waals surface area contributed by atoms with E-state index in [0.29, 0.717) is 15.4 Å². The molecule has 0 aliphatic heterocycles. The fourth-order valence-corrected chi connectivity index (χ4v) is 4.21. The van der Waals surface area contributed by atoms with E-state index in [-0.39, 0.29) is 4.90 Å². The minimum Gasteiger partial charge on any atom is -0.207 e. The van der Waals surface area contributed by atoms with Crippen LogP contribution in [0.2, 0.25) is 0 Å². The summed E-state index contributed by atoms with van der Waals surface area (Å²) in [5.41, 5.74) is 0.643. The van der Waals surface area contributed by atoms with E-state index in [2.05, 4.69) is 31.9 Å². The third-order valence-electron chi connectivity index (χ3n) is 1.44. The van der Waals surface area contributed by atoms with E-state index in [0.717, 1.165) is 0 Å². The lowest BCUT2D eigenvalue weighted by Crippen LogP contribution is -1.97. The Labute approximate surface area is 98.0 Å². The maximum Gasteiger partial charge on any atom is 0.262 e. The van der Waals surface area contributed by atoms with E-state index < -0.39 is 9.05 Å². The van der Waals surface area contributed by atoms with Gasteiger partial charge < -0.3 is 0 Å². The Balaban J connectivity index is 3.50. The van der Waals surface area contributed by atoms with Gasteiger partial charge in [0.1, 0.15) is 4.90 Å². The van der Waals surface area contributed by atoms with Crippen molar-refractivity contribution >= 4 is 51.6 Å². The van der Waals surface area contributed by atoms with Crippen LogP contribution in [0, 0.1) is 0 Å². The van der Waals surface area contributed by atoms with Crippen molar-refractivity contribution in [3.05, 3.63) is 28.2 Å². The SMILES string of the molecule is O=S(=O)(Cl)c1c(Br)cccc1CBr. The second-order valence-electron chi connectivity index (χ2n) is 2.30. The number of alkyl halides is 1. The molecule has 6 heteroatoms. The minimum atomic E-state index is -3.68. The van der Waals surface area contributed by atoms with Crippen LogP contribution in [0.4, 0.5) is 0 Å². The molecule has 0 radical (unpaired) electrons. The highest BCUT2D eigenvalue weighted by molar-refractivity contribution is 9.10. The molecule has 0 amide bonds. The van der Waals surface area contributed by atoms with Crippen LogP contribution < -0.4 is 0 Å². The van der Waals surface area contributed by atoms with Crippen LogP contribution in [-0.2, 0) is 14.4 Å². The van der Waals surface area contributed by atoms with Gasteiger partial charge in [0.25, 0.3) is 9.05 Å². The molecule has 72 valence electrons. The molecule has 0 saturated carbocycles. The molecule has 0 spiro atoms. The normalized spacial score (nSPS) is 11.6. The number of hydrogen-bond acceptors (Lipinski definition) is 2. The first-order valence-electron chi connectivity index (χ1n) is 3.25.